The molecule has 2 N–H and O–H groups in total. The molecule has 65 heavy (non-hydrogen) atoms. The SMILES string of the molecule is CC[C@H]1c2cc3[nH]c4c(c3C)C(=O)[C@@H](C(=O)OC)c4c3nc(cc4[nH]c(cc(n2)[C@@H]1C)c(C(C)=O)c4C)[C@@H](C)[C@@H]3CCC(=O)OCC=C(C)CCC[C@H](C)CCC[C@H](C)CCCC(C)C. The number of fused-ring (bicyclic) bond motifs is 8. The Labute approximate surface area is 387 Å². The van der Waals surface area contributed by atoms with Crippen LogP contribution in [0.3, 0.4) is 0 Å². The maximum absolute atomic E-state index is 14.4. The Morgan fingerprint density at radius 3 is 2.02 bits per heavy atom. The van der Waals surface area contributed by atoms with Gasteiger partial charge in [0, 0.05) is 74.9 Å². The van der Waals surface area contributed by atoms with E-state index in [4.69, 9.17) is 19.4 Å². The number of carbonyl (C=O) groups is 4. The van der Waals surface area contributed by atoms with Gasteiger partial charge in [0.1, 0.15) is 12.5 Å². The summed E-state index contributed by atoms with van der Waals surface area (Å²) in [4.78, 5) is 72.1. The molecule has 0 saturated carbocycles. The number of ether oxygens (including phenoxy) is 2. The van der Waals surface area contributed by atoms with Gasteiger partial charge in [0.2, 0.25) is 0 Å². The minimum absolute atomic E-state index is 0.0532. The number of rotatable bonds is 20. The van der Waals surface area contributed by atoms with E-state index in [1.165, 1.54) is 57.6 Å². The van der Waals surface area contributed by atoms with E-state index in [-0.39, 0.29) is 54.2 Å². The number of H-pyrrole nitrogens is 2. The number of Topliss-reactive ketones (excluding diaryl/α,β-unsaturated/α-hetero) is 2. The minimum Gasteiger partial charge on any atom is -0.468 e. The van der Waals surface area contributed by atoms with Crippen molar-refractivity contribution in [2.75, 3.05) is 13.7 Å². The Kier molecular flexibility index (Phi) is 16.5. The van der Waals surface area contributed by atoms with E-state index in [0.29, 0.717) is 45.8 Å². The number of aryl methyl sites for hydroxylation is 2. The molecule has 5 heterocycles. The summed E-state index contributed by atoms with van der Waals surface area (Å²) >= 11 is 0. The van der Waals surface area contributed by atoms with Crippen molar-refractivity contribution in [3.05, 3.63) is 80.4 Å². The summed E-state index contributed by atoms with van der Waals surface area (Å²) in [5, 5.41) is 0. The van der Waals surface area contributed by atoms with Crippen molar-refractivity contribution in [3.8, 4) is 0 Å². The third kappa shape index (κ3) is 11.1. The molecule has 0 amide bonds. The van der Waals surface area contributed by atoms with Gasteiger partial charge in [-0.25, -0.2) is 0 Å². The van der Waals surface area contributed by atoms with Crippen molar-refractivity contribution in [1.29, 1.82) is 0 Å². The Morgan fingerprint density at radius 1 is 0.769 bits per heavy atom. The third-order valence-electron chi connectivity index (χ3n) is 14.9. The Morgan fingerprint density at radius 2 is 1.37 bits per heavy atom. The van der Waals surface area contributed by atoms with Crippen LogP contribution in [0.15, 0.2) is 29.8 Å². The molecule has 3 aromatic heterocycles. The van der Waals surface area contributed by atoms with Crippen LogP contribution < -0.4 is 0 Å². The predicted molar refractivity (Wildman–Crippen MR) is 261 cm³/mol. The number of nitrogens with zero attached hydrogens (tertiary/aromatic N) is 2. The molecule has 0 saturated heterocycles. The Balaban J connectivity index is 1.25. The van der Waals surface area contributed by atoms with E-state index in [0.717, 1.165) is 70.3 Å². The van der Waals surface area contributed by atoms with Crippen LogP contribution in [0.2, 0.25) is 0 Å². The molecule has 10 heteroatoms. The van der Waals surface area contributed by atoms with Gasteiger partial charge in [-0.3, -0.25) is 29.1 Å². The quantitative estimate of drug-likeness (QED) is 0.0494. The molecular weight excluding hydrogens is 813 g/mol. The zero-order valence-electron chi connectivity index (χ0n) is 41.5. The summed E-state index contributed by atoms with van der Waals surface area (Å²) in [7, 11) is 1.30. The fourth-order valence-corrected chi connectivity index (χ4v) is 10.8. The fourth-order valence-electron chi connectivity index (χ4n) is 10.8. The lowest BCUT2D eigenvalue weighted by atomic mass is 9.84. The predicted octanol–water partition coefficient (Wildman–Crippen LogP) is 13.5. The number of methoxy groups -OCH3 is 1. The molecule has 0 spiro atoms. The van der Waals surface area contributed by atoms with Crippen LogP contribution >= 0.6 is 0 Å². The number of nitrogens with one attached hydrogen (secondary N) is 2. The number of hydrogen-bond acceptors (Lipinski definition) is 8. The number of ketones is 2. The Hall–Kier alpha value is -4.86. The van der Waals surface area contributed by atoms with Crippen LogP contribution in [0.4, 0.5) is 0 Å². The number of carbonyl (C=O) groups excluding carboxylic acids is 4. The van der Waals surface area contributed by atoms with Gasteiger partial charge in [-0.1, -0.05) is 99.0 Å². The van der Waals surface area contributed by atoms with Crippen molar-refractivity contribution >= 4 is 45.6 Å². The van der Waals surface area contributed by atoms with Gasteiger partial charge < -0.3 is 19.4 Å². The second-order valence-electron chi connectivity index (χ2n) is 20.3. The van der Waals surface area contributed by atoms with E-state index < -0.39 is 11.9 Å². The van der Waals surface area contributed by atoms with Gasteiger partial charge in [0.25, 0.3) is 0 Å². The smallest absolute Gasteiger partial charge is 0.321 e. The van der Waals surface area contributed by atoms with E-state index in [2.05, 4.69) is 65.4 Å². The zero-order chi connectivity index (χ0) is 47.3. The highest BCUT2D eigenvalue weighted by Crippen LogP contribution is 2.48. The van der Waals surface area contributed by atoms with Crippen molar-refractivity contribution < 1.29 is 28.7 Å². The zero-order valence-corrected chi connectivity index (χ0v) is 41.5. The molecular formula is C55H76N4O6. The molecule has 352 valence electrons. The van der Waals surface area contributed by atoms with Crippen LogP contribution in [0.5, 0.6) is 0 Å². The molecule has 2 aliphatic heterocycles. The first-order valence-corrected chi connectivity index (χ1v) is 24.7. The molecule has 0 unspecified atom stereocenters. The van der Waals surface area contributed by atoms with Gasteiger partial charge in [-0.15, -0.1) is 0 Å². The highest BCUT2D eigenvalue weighted by atomic mass is 16.5. The van der Waals surface area contributed by atoms with Gasteiger partial charge in [0.15, 0.2) is 11.6 Å². The fraction of sp³-hybridized carbons (Fsp3) is 0.600. The van der Waals surface area contributed by atoms with Gasteiger partial charge in [-0.05, 0) is 107 Å². The number of allylic oxidation sites excluding steroid dienone is 1. The maximum Gasteiger partial charge on any atom is 0.321 e. The summed E-state index contributed by atoms with van der Waals surface area (Å²) < 4.78 is 11.1. The highest BCUT2D eigenvalue weighted by Gasteiger charge is 2.45. The summed E-state index contributed by atoms with van der Waals surface area (Å²) in [5.41, 5.74) is 10.1. The molecule has 7 atom stereocenters. The maximum atomic E-state index is 14.4. The average molecular weight is 889 g/mol. The second kappa shape index (κ2) is 21.6. The third-order valence-corrected chi connectivity index (χ3v) is 14.9. The van der Waals surface area contributed by atoms with Crippen LogP contribution in [-0.2, 0) is 19.1 Å². The van der Waals surface area contributed by atoms with Crippen LogP contribution in [0.25, 0.3) is 22.1 Å². The molecule has 10 nitrogen and oxygen atoms in total. The number of hydrogen-bond donors (Lipinski definition) is 2. The number of esters is 2. The molecule has 6 rings (SSSR count). The number of aromatic amines is 2. The lowest BCUT2D eigenvalue weighted by Crippen LogP contribution is -2.21. The van der Waals surface area contributed by atoms with E-state index in [1.807, 2.05) is 38.1 Å². The standard InChI is InChI=1S/C55H76N4O6/c1-13-39-34(7)41-29-46-48(38(11)60)36(9)43(57-46)27-42-35(8)40(52(58-42)50-51(55(63)64-12)54(62)49-37(10)44(59-53(49)50)28-45(39)56-41)23-24-47(61)65-26-25-33(6)22-16-21-32(5)20-15-19-31(4)18-14-17-30(2)3/h25,27-32,34-35,39-40,51,57,59H,13-24,26H2,1-12H3/t31-,32-,34-,35+,39-,40+,51+/m1/s1. The van der Waals surface area contributed by atoms with Crippen molar-refractivity contribution in [3.63, 3.8) is 0 Å². The minimum atomic E-state index is -1.21. The van der Waals surface area contributed by atoms with E-state index in [1.54, 1.807) is 6.92 Å². The highest BCUT2D eigenvalue weighted by molar-refractivity contribution is 6.23. The van der Waals surface area contributed by atoms with Crippen molar-refractivity contribution in [2.45, 2.75) is 183 Å². The first kappa shape index (κ1) is 49.6. The molecule has 1 aliphatic carbocycles. The van der Waals surface area contributed by atoms with Crippen molar-refractivity contribution in [2.24, 2.45) is 17.8 Å². The average Bonchev–Trinajstić information content (AvgIpc) is 4.00. The molecule has 0 aromatic carbocycles. The lowest BCUT2D eigenvalue weighted by molar-refractivity contribution is -0.143. The topological polar surface area (TPSA) is 144 Å². The van der Waals surface area contributed by atoms with Crippen LogP contribution in [0.1, 0.15) is 229 Å². The van der Waals surface area contributed by atoms with Gasteiger partial charge in [-0.2, -0.15) is 0 Å². The molecule has 3 aliphatic rings. The summed E-state index contributed by atoms with van der Waals surface area (Å²) in [6, 6.07) is 5.99. The first-order chi connectivity index (χ1) is 30.9. The normalized spacial score (nSPS) is 20.4. The lowest BCUT2D eigenvalue weighted by Gasteiger charge is -2.18. The molecule has 0 fully saturated rings. The summed E-state index contributed by atoms with van der Waals surface area (Å²) in [5.74, 6) is -0.573. The molecule has 8 bridgehead atoms. The largest absolute Gasteiger partial charge is 0.468 e. The second-order valence-corrected chi connectivity index (χ2v) is 20.3. The van der Waals surface area contributed by atoms with Crippen LogP contribution in [0, 0.1) is 31.6 Å². The Bertz CT molecular complexity index is 2450. The van der Waals surface area contributed by atoms with Crippen molar-refractivity contribution in [1.82, 2.24) is 19.9 Å². The summed E-state index contributed by atoms with van der Waals surface area (Å²) in [6.45, 7) is 23.5. The summed E-state index contributed by atoms with van der Waals surface area (Å²) in [6.07, 6.45) is 14.6. The monoisotopic (exact) mass is 889 g/mol. The first-order valence-electron chi connectivity index (χ1n) is 24.7. The molecule has 0 radical (unpaired) electrons. The molecule has 3 aromatic rings. The van der Waals surface area contributed by atoms with E-state index in [9.17, 15) is 19.2 Å². The van der Waals surface area contributed by atoms with Gasteiger partial charge in [0.05, 0.1) is 23.8 Å². The van der Waals surface area contributed by atoms with Crippen LogP contribution in [-0.4, -0.2) is 57.2 Å². The number of aromatic nitrogens is 4. The van der Waals surface area contributed by atoms with Gasteiger partial charge >= 0.3 is 11.9 Å². The van der Waals surface area contributed by atoms with E-state index >= 15 is 0 Å².